The number of halogens is 2. The number of nitrogens with one attached hydrogen (secondary N) is 2. The number of aryl methyl sites for hydroxylation is 2. The average Bonchev–Trinajstić information content (AvgIpc) is 2.78. The van der Waals surface area contributed by atoms with Crippen molar-refractivity contribution in [2.24, 2.45) is 0 Å². The van der Waals surface area contributed by atoms with Crippen molar-refractivity contribution in [3.05, 3.63) is 38.6 Å². The van der Waals surface area contributed by atoms with E-state index in [1.165, 1.54) is 0 Å². The Bertz CT molecular complexity index is 684. The van der Waals surface area contributed by atoms with Gasteiger partial charge in [0.15, 0.2) is 5.69 Å². The van der Waals surface area contributed by atoms with Gasteiger partial charge in [0, 0.05) is 9.50 Å². The maximum Gasteiger partial charge on any atom is 0.278 e. The van der Waals surface area contributed by atoms with Gasteiger partial charge in [-0.15, -0.1) is 0 Å². The van der Waals surface area contributed by atoms with E-state index in [0.29, 0.717) is 16.4 Å². The van der Waals surface area contributed by atoms with Crippen molar-refractivity contribution in [2.75, 3.05) is 11.1 Å². The zero-order valence-corrected chi connectivity index (χ0v) is 14.1. The van der Waals surface area contributed by atoms with Crippen molar-refractivity contribution in [3.63, 3.8) is 0 Å². The molecule has 0 atom stereocenters. The fourth-order valence-electron chi connectivity index (χ4n) is 1.92. The summed E-state index contributed by atoms with van der Waals surface area (Å²) in [4.78, 5) is 12.3. The van der Waals surface area contributed by atoms with E-state index in [9.17, 15) is 4.79 Å². The van der Waals surface area contributed by atoms with Crippen LogP contribution in [0.4, 0.5) is 11.4 Å². The number of anilines is 2. The molecule has 0 saturated carbocycles. The van der Waals surface area contributed by atoms with E-state index in [1.54, 1.807) is 6.07 Å². The number of amides is 1. The zero-order valence-electron chi connectivity index (χ0n) is 11.8. The van der Waals surface area contributed by atoms with E-state index in [1.807, 2.05) is 19.9 Å². The molecule has 0 bridgehead atoms. The van der Waals surface area contributed by atoms with E-state index in [4.69, 9.17) is 17.3 Å². The fraction of sp³-hybridized carbons (Fsp3) is 0.286. The molecule has 2 aromatic rings. The van der Waals surface area contributed by atoms with E-state index < -0.39 is 0 Å². The Balaban J connectivity index is 2.24. The Morgan fingerprint density at radius 1 is 1.52 bits per heavy atom. The molecule has 0 unspecified atom stereocenters. The molecule has 112 valence electrons. The summed E-state index contributed by atoms with van der Waals surface area (Å²) in [5.74, 6) is -0.369. The molecule has 0 radical (unpaired) electrons. The first-order valence-electron chi connectivity index (χ1n) is 6.53. The largest absolute Gasteiger partial charge is 0.395 e. The molecular formula is C14H16BrClN4O. The lowest BCUT2D eigenvalue weighted by Crippen LogP contribution is -2.14. The summed E-state index contributed by atoms with van der Waals surface area (Å²) in [6, 6.07) is 3.53. The highest BCUT2D eigenvalue weighted by Crippen LogP contribution is 2.29. The second-order valence-corrected chi connectivity index (χ2v) is 6.01. The molecule has 0 spiro atoms. The molecule has 21 heavy (non-hydrogen) atoms. The molecule has 2 rings (SSSR count). The molecule has 1 aromatic carbocycles. The molecule has 1 amide bonds. The SMILES string of the molecule is CCCc1[nH]nc(C(=O)Nc2cc(Cl)c(C)cc2Br)c1N. The van der Waals surface area contributed by atoms with Crippen molar-refractivity contribution >= 4 is 44.8 Å². The molecule has 0 saturated heterocycles. The quantitative estimate of drug-likeness (QED) is 0.761. The third kappa shape index (κ3) is 3.39. The molecule has 0 aliphatic rings. The number of nitrogens with two attached hydrogens (primary N) is 1. The van der Waals surface area contributed by atoms with Gasteiger partial charge in [-0.25, -0.2) is 0 Å². The number of carbonyl (C=O) groups excluding carboxylic acids is 1. The number of nitrogens with zero attached hydrogens (tertiary/aromatic N) is 1. The van der Waals surface area contributed by atoms with Crippen molar-refractivity contribution < 1.29 is 4.79 Å². The van der Waals surface area contributed by atoms with Crippen LogP contribution in [-0.2, 0) is 6.42 Å². The van der Waals surface area contributed by atoms with Gasteiger partial charge in [0.05, 0.1) is 17.1 Å². The minimum Gasteiger partial charge on any atom is -0.395 e. The van der Waals surface area contributed by atoms with Crippen LogP contribution in [-0.4, -0.2) is 16.1 Å². The molecule has 5 nitrogen and oxygen atoms in total. The molecule has 0 aliphatic heterocycles. The summed E-state index contributed by atoms with van der Waals surface area (Å²) < 4.78 is 0.751. The Kier molecular flexibility index (Phi) is 4.90. The van der Waals surface area contributed by atoms with Gasteiger partial charge in [-0.3, -0.25) is 9.89 Å². The van der Waals surface area contributed by atoms with Crippen LogP contribution < -0.4 is 11.1 Å². The summed E-state index contributed by atoms with van der Waals surface area (Å²) in [6.07, 6.45) is 1.68. The molecule has 1 aromatic heterocycles. The highest BCUT2D eigenvalue weighted by Gasteiger charge is 2.18. The van der Waals surface area contributed by atoms with E-state index in [2.05, 4.69) is 31.4 Å². The molecule has 7 heteroatoms. The van der Waals surface area contributed by atoms with Gasteiger partial charge >= 0.3 is 0 Å². The van der Waals surface area contributed by atoms with Crippen LogP contribution in [0.2, 0.25) is 5.02 Å². The average molecular weight is 372 g/mol. The third-order valence-corrected chi connectivity index (χ3v) is 4.16. The van der Waals surface area contributed by atoms with Crippen molar-refractivity contribution in [3.8, 4) is 0 Å². The predicted molar refractivity (Wildman–Crippen MR) is 88.8 cm³/mol. The monoisotopic (exact) mass is 370 g/mol. The summed E-state index contributed by atoms with van der Waals surface area (Å²) in [5, 5.41) is 10.1. The first kappa shape index (κ1) is 15.9. The number of carbonyl (C=O) groups is 1. The van der Waals surface area contributed by atoms with Crippen LogP contribution in [0.1, 0.15) is 35.1 Å². The molecule has 0 fully saturated rings. The summed E-state index contributed by atoms with van der Waals surface area (Å²) >= 11 is 9.47. The third-order valence-electron chi connectivity index (χ3n) is 3.09. The summed E-state index contributed by atoms with van der Waals surface area (Å²) in [6.45, 7) is 3.92. The maximum absolute atomic E-state index is 12.3. The van der Waals surface area contributed by atoms with Crippen LogP contribution in [0, 0.1) is 6.92 Å². The second kappa shape index (κ2) is 6.49. The van der Waals surface area contributed by atoms with Crippen LogP contribution in [0.3, 0.4) is 0 Å². The zero-order chi connectivity index (χ0) is 15.6. The van der Waals surface area contributed by atoms with Crippen molar-refractivity contribution in [1.82, 2.24) is 10.2 Å². The Labute approximate surface area is 136 Å². The highest BCUT2D eigenvalue weighted by molar-refractivity contribution is 9.10. The Morgan fingerprint density at radius 2 is 2.24 bits per heavy atom. The summed E-state index contributed by atoms with van der Waals surface area (Å²) in [5.41, 5.74) is 8.81. The number of aromatic nitrogens is 2. The lowest BCUT2D eigenvalue weighted by Gasteiger charge is -2.09. The van der Waals surface area contributed by atoms with Gasteiger partial charge in [0.2, 0.25) is 0 Å². The Hall–Kier alpha value is -1.53. The number of aromatic amines is 1. The van der Waals surface area contributed by atoms with Crippen LogP contribution in [0.15, 0.2) is 16.6 Å². The van der Waals surface area contributed by atoms with Crippen LogP contribution in [0.25, 0.3) is 0 Å². The normalized spacial score (nSPS) is 10.7. The lowest BCUT2D eigenvalue weighted by atomic mass is 10.2. The van der Waals surface area contributed by atoms with Gasteiger partial charge in [-0.2, -0.15) is 5.10 Å². The molecular weight excluding hydrogens is 356 g/mol. The van der Waals surface area contributed by atoms with E-state index in [-0.39, 0.29) is 11.6 Å². The molecule has 1 heterocycles. The second-order valence-electron chi connectivity index (χ2n) is 4.75. The number of H-pyrrole nitrogens is 1. The lowest BCUT2D eigenvalue weighted by molar-refractivity contribution is 0.102. The molecule has 0 aliphatic carbocycles. The topological polar surface area (TPSA) is 83.8 Å². The van der Waals surface area contributed by atoms with E-state index in [0.717, 1.165) is 28.6 Å². The van der Waals surface area contributed by atoms with Crippen molar-refractivity contribution in [1.29, 1.82) is 0 Å². The fourth-order valence-corrected chi connectivity index (χ4v) is 2.64. The molecule has 4 N–H and O–H groups in total. The van der Waals surface area contributed by atoms with E-state index >= 15 is 0 Å². The number of nitrogen functional groups attached to an aromatic ring is 1. The maximum atomic E-state index is 12.3. The predicted octanol–water partition coefficient (Wildman–Crippen LogP) is 3.92. The van der Waals surface area contributed by atoms with Gasteiger partial charge in [-0.05, 0) is 47.0 Å². The summed E-state index contributed by atoms with van der Waals surface area (Å²) in [7, 11) is 0. The first-order chi connectivity index (χ1) is 9.93. The van der Waals surface area contributed by atoms with Gasteiger partial charge in [0.25, 0.3) is 5.91 Å². The minimum absolute atomic E-state index is 0.196. The van der Waals surface area contributed by atoms with Gasteiger partial charge in [-0.1, -0.05) is 24.9 Å². The van der Waals surface area contributed by atoms with Gasteiger partial charge < -0.3 is 11.1 Å². The first-order valence-corrected chi connectivity index (χ1v) is 7.70. The number of rotatable bonds is 4. The smallest absolute Gasteiger partial charge is 0.278 e. The van der Waals surface area contributed by atoms with Crippen LogP contribution in [0.5, 0.6) is 0 Å². The number of hydrogen-bond donors (Lipinski definition) is 3. The standard InChI is InChI=1S/C14H16BrClN4O/c1-3-4-10-12(17)13(20-19-10)14(21)18-11-6-9(16)7(2)5-8(11)15/h5-6H,3-4,17H2,1-2H3,(H,18,21)(H,19,20). The number of hydrogen-bond acceptors (Lipinski definition) is 3. The van der Waals surface area contributed by atoms with Crippen LogP contribution >= 0.6 is 27.5 Å². The number of benzene rings is 1. The van der Waals surface area contributed by atoms with Gasteiger partial charge in [0.1, 0.15) is 0 Å². The minimum atomic E-state index is -0.369. The highest BCUT2D eigenvalue weighted by atomic mass is 79.9. The Morgan fingerprint density at radius 3 is 2.90 bits per heavy atom. The van der Waals surface area contributed by atoms with Crippen molar-refractivity contribution in [2.45, 2.75) is 26.7 Å².